The molecular formula is C16H22FN3O. The Morgan fingerprint density at radius 2 is 2.00 bits per heavy atom. The molecule has 2 fully saturated rings. The molecule has 4 nitrogen and oxygen atoms in total. The van der Waals surface area contributed by atoms with E-state index in [-0.39, 0.29) is 23.8 Å². The molecule has 2 heterocycles. The van der Waals surface area contributed by atoms with Crippen LogP contribution in [0, 0.1) is 5.82 Å². The molecular weight excluding hydrogens is 269 g/mol. The van der Waals surface area contributed by atoms with Gasteiger partial charge in [-0.25, -0.2) is 15.2 Å². The first-order chi connectivity index (χ1) is 10.1. The average molecular weight is 291 g/mol. The summed E-state index contributed by atoms with van der Waals surface area (Å²) in [6.07, 6.45) is 4.10. The fraction of sp³-hybridized carbons (Fsp3) is 0.562. The van der Waals surface area contributed by atoms with Crippen molar-refractivity contribution in [1.82, 2.24) is 15.8 Å². The van der Waals surface area contributed by atoms with Gasteiger partial charge in [0, 0.05) is 18.6 Å². The van der Waals surface area contributed by atoms with Crippen LogP contribution in [0.5, 0.6) is 0 Å². The molecule has 2 saturated heterocycles. The van der Waals surface area contributed by atoms with E-state index in [1.165, 1.54) is 18.6 Å². The number of hydrogen-bond donors (Lipinski definition) is 2. The SMILES string of the molecule is CC1CCCCN1C(=O)C1CC(c2ccc(F)cc2)NN1. The fourth-order valence-electron chi connectivity index (χ4n) is 3.26. The Bertz CT molecular complexity index is 505. The van der Waals surface area contributed by atoms with Crippen molar-refractivity contribution in [3.8, 4) is 0 Å². The average Bonchev–Trinajstić information content (AvgIpc) is 2.98. The highest BCUT2D eigenvalue weighted by atomic mass is 19.1. The third kappa shape index (κ3) is 3.09. The molecule has 21 heavy (non-hydrogen) atoms. The summed E-state index contributed by atoms with van der Waals surface area (Å²) >= 11 is 0. The van der Waals surface area contributed by atoms with E-state index in [1.807, 2.05) is 4.90 Å². The molecule has 3 rings (SSSR count). The number of carbonyl (C=O) groups is 1. The summed E-state index contributed by atoms with van der Waals surface area (Å²) in [5, 5.41) is 0. The molecule has 0 spiro atoms. The number of amides is 1. The van der Waals surface area contributed by atoms with Crippen LogP contribution in [0.25, 0.3) is 0 Å². The van der Waals surface area contributed by atoms with Crippen LogP contribution in [-0.4, -0.2) is 29.4 Å². The van der Waals surface area contributed by atoms with Crippen molar-refractivity contribution in [2.24, 2.45) is 0 Å². The Hall–Kier alpha value is -1.46. The monoisotopic (exact) mass is 291 g/mol. The highest BCUT2D eigenvalue weighted by Crippen LogP contribution is 2.25. The third-order valence-electron chi connectivity index (χ3n) is 4.56. The Balaban J connectivity index is 1.63. The number of piperidine rings is 1. The second-order valence-electron chi connectivity index (χ2n) is 6.06. The Labute approximate surface area is 124 Å². The number of carbonyl (C=O) groups excluding carboxylic acids is 1. The molecule has 1 aromatic carbocycles. The smallest absolute Gasteiger partial charge is 0.241 e. The van der Waals surface area contributed by atoms with Crippen molar-refractivity contribution in [1.29, 1.82) is 0 Å². The largest absolute Gasteiger partial charge is 0.339 e. The van der Waals surface area contributed by atoms with Crippen molar-refractivity contribution in [2.75, 3.05) is 6.54 Å². The van der Waals surface area contributed by atoms with Gasteiger partial charge in [0.1, 0.15) is 11.9 Å². The van der Waals surface area contributed by atoms with Crippen molar-refractivity contribution in [3.63, 3.8) is 0 Å². The standard InChI is InChI=1S/C16H22FN3O/c1-11-4-2-3-9-20(11)16(21)15-10-14(18-19-15)12-5-7-13(17)8-6-12/h5-8,11,14-15,18-19H,2-4,9-10H2,1H3. The van der Waals surface area contributed by atoms with Crippen LogP contribution in [0.4, 0.5) is 4.39 Å². The van der Waals surface area contributed by atoms with Crippen LogP contribution in [0.3, 0.4) is 0 Å². The molecule has 2 aliphatic rings. The first-order valence-corrected chi connectivity index (χ1v) is 7.72. The lowest BCUT2D eigenvalue weighted by molar-refractivity contribution is -0.136. The molecule has 2 N–H and O–H groups in total. The van der Waals surface area contributed by atoms with Crippen LogP contribution < -0.4 is 10.9 Å². The van der Waals surface area contributed by atoms with Crippen molar-refractivity contribution in [3.05, 3.63) is 35.6 Å². The van der Waals surface area contributed by atoms with Crippen LogP contribution in [0.2, 0.25) is 0 Å². The van der Waals surface area contributed by atoms with Crippen molar-refractivity contribution in [2.45, 2.75) is 50.7 Å². The summed E-state index contributed by atoms with van der Waals surface area (Å²) in [5.41, 5.74) is 7.27. The minimum atomic E-state index is -0.237. The van der Waals surface area contributed by atoms with Gasteiger partial charge in [-0.1, -0.05) is 12.1 Å². The quantitative estimate of drug-likeness (QED) is 0.877. The van der Waals surface area contributed by atoms with Gasteiger partial charge in [-0.2, -0.15) is 0 Å². The molecule has 0 radical (unpaired) electrons. The van der Waals surface area contributed by atoms with Gasteiger partial charge in [0.05, 0.1) is 0 Å². The summed E-state index contributed by atoms with van der Waals surface area (Å²) in [7, 11) is 0. The van der Waals surface area contributed by atoms with Crippen LogP contribution in [-0.2, 0) is 4.79 Å². The number of nitrogens with one attached hydrogen (secondary N) is 2. The van der Waals surface area contributed by atoms with Crippen LogP contribution in [0.15, 0.2) is 24.3 Å². The van der Waals surface area contributed by atoms with Gasteiger partial charge in [0.15, 0.2) is 0 Å². The van der Waals surface area contributed by atoms with Gasteiger partial charge in [-0.05, 0) is 50.3 Å². The summed E-state index contributed by atoms with van der Waals surface area (Å²) in [5.74, 6) is -0.0567. The van der Waals surface area contributed by atoms with E-state index in [0.29, 0.717) is 12.5 Å². The Morgan fingerprint density at radius 3 is 2.71 bits per heavy atom. The molecule has 0 saturated carbocycles. The molecule has 0 bridgehead atoms. The van der Waals surface area contributed by atoms with Gasteiger partial charge < -0.3 is 4.90 Å². The molecule has 0 aromatic heterocycles. The lowest BCUT2D eigenvalue weighted by Crippen LogP contribution is -2.50. The van der Waals surface area contributed by atoms with E-state index in [1.54, 1.807) is 12.1 Å². The number of halogens is 1. The van der Waals surface area contributed by atoms with Gasteiger partial charge in [0.25, 0.3) is 0 Å². The van der Waals surface area contributed by atoms with Crippen molar-refractivity contribution >= 4 is 5.91 Å². The Kier molecular flexibility index (Phi) is 4.22. The number of likely N-dealkylation sites (tertiary alicyclic amines) is 1. The molecule has 3 atom stereocenters. The second kappa shape index (κ2) is 6.12. The fourth-order valence-corrected chi connectivity index (χ4v) is 3.26. The van der Waals surface area contributed by atoms with E-state index in [4.69, 9.17) is 0 Å². The van der Waals surface area contributed by atoms with Gasteiger partial charge in [0.2, 0.25) is 5.91 Å². The first kappa shape index (κ1) is 14.5. The van der Waals surface area contributed by atoms with E-state index in [0.717, 1.165) is 24.9 Å². The molecule has 0 aliphatic carbocycles. The molecule has 114 valence electrons. The number of nitrogens with zero attached hydrogens (tertiary/aromatic N) is 1. The zero-order chi connectivity index (χ0) is 14.8. The lowest BCUT2D eigenvalue weighted by atomic mass is 9.99. The van der Waals surface area contributed by atoms with Gasteiger partial charge >= 0.3 is 0 Å². The predicted molar refractivity (Wildman–Crippen MR) is 78.8 cm³/mol. The summed E-state index contributed by atoms with van der Waals surface area (Å²) in [6, 6.07) is 6.64. The molecule has 5 heteroatoms. The van der Waals surface area contributed by atoms with Crippen molar-refractivity contribution < 1.29 is 9.18 Å². The Morgan fingerprint density at radius 1 is 1.24 bits per heavy atom. The normalized spacial score (nSPS) is 29.6. The molecule has 1 amide bonds. The maximum absolute atomic E-state index is 13.0. The second-order valence-corrected chi connectivity index (χ2v) is 6.06. The highest BCUT2D eigenvalue weighted by Gasteiger charge is 2.35. The van der Waals surface area contributed by atoms with E-state index >= 15 is 0 Å². The summed E-state index contributed by atoms with van der Waals surface area (Å²) < 4.78 is 13.0. The van der Waals surface area contributed by atoms with Gasteiger partial charge in [-0.15, -0.1) is 0 Å². The number of benzene rings is 1. The van der Waals surface area contributed by atoms with Crippen LogP contribution >= 0.6 is 0 Å². The lowest BCUT2D eigenvalue weighted by Gasteiger charge is -2.35. The maximum atomic E-state index is 13.0. The summed E-state index contributed by atoms with van der Waals surface area (Å²) in [6.45, 7) is 2.98. The van der Waals surface area contributed by atoms with E-state index in [9.17, 15) is 9.18 Å². The maximum Gasteiger partial charge on any atom is 0.241 e. The molecule has 2 aliphatic heterocycles. The zero-order valence-electron chi connectivity index (χ0n) is 12.3. The first-order valence-electron chi connectivity index (χ1n) is 7.72. The number of hydrogen-bond acceptors (Lipinski definition) is 3. The highest BCUT2D eigenvalue weighted by molar-refractivity contribution is 5.82. The minimum absolute atomic E-state index is 0.0552. The number of hydrazine groups is 1. The van der Waals surface area contributed by atoms with E-state index < -0.39 is 0 Å². The molecule has 3 unspecified atom stereocenters. The van der Waals surface area contributed by atoms with Gasteiger partial charge in [-0.3, -0.25) is 4.79 Å². The minimum Gasteiger partial charge on any atom is -0.339 e. The zero-order valence-corrected chi connectivity index (χ0v) is 12.3. The summed E-state index contributed by atoms with van der Waals surface area (Å²) in [4.78, 5) is 14.6. The topological polar surface area (TPSA) is 44.4 Å². The molecule has 1 aromatic rings. The number of rotatable bonds is 2. The predicted octanol–water partition coefficient (Wildman–Crippen LogP) is 2.13. The third-order valence-corrected chi connectivity index (χ3v) is 4.56. The van der Waals surface area contributed by atoms with Crippen LogP contribution in [0.1, 0.15) is 44.2 Å². The van der Waals surface area contributed by atoms with E-state index in [2.05, 4.69) is 17.8 Å².